The van der Waals surface area contributed by atoms with Gasteiger partial charge in [0, 0.05) is 13.1 Å². The number of ether oxygens (including phenoxy) is 2. The largest absolute Gasteiger partial charge is 0.493 e. The third-order valence-electron chi connectivity index (χ3n) is 4.33. The molecular formula is C16H20N2O3. The highest BCUT2D eigenvalue weighted by Crippen LogP contribution is 2.50. The van der Waals surface area contributed by atoms with Gasteiger partial charge in [-0.15, -0.1) is 0 Å². The quantitative estimate of drug-likeness (QED) is 0.615. The molecular weight excluding hydrogens is 268 g/mol. The molecule has 1 aliphatic carbocycles. The maximum atomic E-state index is 10.6. The molecule has 1 unspecified atom stereocenters. The second-order valence-electron chi connectivity index (χ2n) is 5.89. The van der Waals surface area contributed by atoms with Crippen LogP contribution in [0.15, 0.2) is 23.2 Å². The van der Waals surface area contributed by atoms with Gasteiger partial charge in [0.1, 0.15) is 6.10 Å². The summed E-state index contributed by atoms with van der Waals surface area (Å²) in [4.78, 5) is 16.8. The predicted molar refractivity (Wildman–Crippen MR) is 78.6 cm³/mol. The normalized spacial score (nSPS) is 23.4. The van der Waals surface area contributed by atoms with Crippen LogP contribution in [0.25, 0.3) is 0 Å². The van der Waals surface area contributed by atoms with Crippen molar-refractivity contribution in [1.82, 2.24) is 4.90 Å². The molecule has 2 fully saturated rings. The Labute approximate surface area is 124 Å². The molecule has 1 aromatic carbocycles. The monoisotopic (exact) mass is 288 g/mol. The zero-order valence-electron chi connectivity index (χ0n) is 12.5. The number of carbonyl (C=O) groups excluding carboxylic acids is 1. The van der Waals surface area contributed by atoms with Gasteiger partial charge in [0.25, 0.3) is 0 Å². The minimum absolute atomic E-state index is 0.184. The van der Waals surface area contributed by atoms with Gasteiger partial charge >= 0.3 is 0 Å². The van der Waals surface area contributed by atoms with E-state index in [1.165, 1.54) is 0 Å². The van der Waals surface area contributed by atoms with Crippen molar-refractivity contribution in [2.45, 2.75) is 30.9 Å². The molecule has 0 spiro atoms. The van der Waals surface area contributed by atoms with Gasteiger partial charge in [-0.2, -0.15) is 4.99 Å². The summed E-state index contributed by atoms with van der Waals surface area (Å²) in [6.07, 6.45) is 4.67. The van der Waals surface area contributed by atoms with Crippen LogP contribution in [0.4, 0.5) is 0 Å². The Hall–Kier alpha value is -1.84. The molecule has 3 rings (SSSR count). The summed E-state index contributed by atoms with van der Waals surface area (Å²) in [5.74, 6) is 1.46. The zero-order chi connectivity index (χ0) is 14.9. The van der Waals surface area contributed by atoms with Crippen LogP contribution >= 0.6 is 0 Å². The SMILES string of the molecule is COc1ccc(C2(N=C=O)CC2)cc1OC1CCN(C)C1. The van der Waals surface area contributed by atoms with Crippen molar-refractivity contribution in [3.05, 3.63) is 23.8 Å². The molecule has 1 aliphatic heterocycles. The summed E-state index contributed by atoms with van der Waals surface area (Å²) >= 11 is 0. The molecule has 0 N–H and O–H groups in total. The van der Waals surface area contributed by atoms with E-state index in [4.69, 9.17) is 9.47 Å². The average molecular weight is 288 g/mol. The standard InChI is InChI=1S/C16H20N2O3/c1-18-8-5-13(10-18)21-15-9-12(3-4-14(15)20-2)16(6-7-16)17-11-19/h3-4,9,13H,5-8,10H2,1-2H3. The van der Waals surface area contributed by atoms with Gasteiger partial charge in [0.05, 0.1) is 12.6 Å². The Balaban J connectivity index is 1.85. The summed E-state index contributed by atoms with van der Waals surface area (Å²) < 4.78 is 11.5. The number of methoxy groups -OCH3 is 1. The molecule has 0 radical (unpaired) electrons. The highest BCUT2D eigenvalue weighted by molar-refractivity contribution is 5.48. The summed E-state index contributed by atoms with van der Waals surface area (Å²) in [6, 6.07) is 5.81. The zero-order valence-corrected chi connectivity index (χ0v) is 12.5. The van der Waals surface area contributed by atoms with Gasteiger partial charge in [0.15, 0.2) is 11.5 Å². The van der Waals surface area contributed by atoms with Crippen LogP contribution in [0.2, 0.25) is 0 Å². The van der Waals surface area contributed by atoms with E-state index in [-0.39, 0.29) is 11.6 Å². The molecule has 0 aromatic heterocycles. The molecule has 1 atom stereocenters. The summed E-state index contributed by atoms with van der Waals surface area (Å²) in [5, 5.41) is 0. The molecule has 112 valence electrons. The van der Waals surface area contributed by atoms with Gasteiger partial charge in [0.2, 0.25) is 6.08 Å². The predicted octanol–water partition coefficient (Wildman–Crippen LogP) is 2.10. The number of isocyanates is 1. The summed E-state index contributed by atoms with van der Waals surface area (Å²) in [6.45, 7) is 1.97. The third kappa shape index (κ3) is 2.80. The number of rotatable bonds is 5. The Morgan fingerprint density at radius 3 is 2.76 bits per heavy atom. The average Bonchev–Trinajstić information content (AvgIpc) is 3.15. The van der Waals surface area contributed by atoms with Gasteiger partial charge in [-0.25, -0.2) is 4.79 Å². The van der Waals surface area contributed by atoms with Gasteiger partial charge < -0.3 is 14.4 Å². The molecule has 21 heavy (non-hydrogen) atoms. The summed E-state index contributed by atoms with van der Waals surface area (Å²) in [7, 11) is 3.73. The summed E-state index contributed by atoms with van der Waals surface area (Å²) in [5.41, 5.74) is 0.631. The van der Waals surface area contributed by atoms with Crippen molar-refractivity contribution in [3.8, 4) is 11.5 Å². The first kappa shape index (κ1) is 14.1. The molecule has 1 heterocycles. The molecule has 1 aromatic rings. The van der Waals surface area contributed by atoms with Crippen molar-refractivity contribution < 1.29 is 14.3 Å². The van der Waals surface area contributed by atoms with Crippen molar-refractivity contribution in [2.24, 2.45) is 4.99 Å². The maximum absolute atomic E-state index is 10.6. The molecule has 5 nitrogen and oxygen atoms in total. The van der Waals surface area contributed by atoms with Crippen LogP contribution in [0.1, 0.15) is 24.8 Å². The molecule has 1 saturated heterocycles. The van der Waals surface area contributed by atoms with Crippen molar-refractivity contribution in [3.63, 3.8) is 0 Å². The Morgan fingerprint density at radius 1 is 1.38 bits per heavy atom. The van der Waals surface area contributed by atoms with E-state index in [0.29, 0.717) is 0 Å². The molecule has 0 bridgehead atoms. The molecule has 2 aliphatic rings. The maximum Gasteiger partial charge on any atom is 0.235 e. The Bertz CT molecular complexity index is 577. The first-order valence-electron chi connectivity index (χ1n) is 7.29. The smallest absolute Gasteiger partial charge is 0.235 e. The molecule has 5 heteroatoms. The van der Waals surface area contributed by atoms with Crippen LogP contribution < -0.4 is 9.47 Å². The fourth-order valence-electron chi connectivity index (χ4n) is 2.90. The second kappa shape index (κ2) is 5.51. The van der Waals surface area contributed by atoms with E-state index in [9.17, 15) is 4.79 Å². The van der Waals surface area contributed by atoms with Crippen molar-refractivity contribution in [1.29, 1.82) is 0 Å². The fourth-order valence-corrected chi connectivity index (χ4v) is 2.90. The van der Waals surface area contributed by atoms with Crippen LogP contribution in [-0.4, -0.2) is 44.3 Å². The number of likely N-dealkylation sites (tertiary alicyclic amines) is 1. The first-order valence-corrected chi connectivity index (χ1v) is 7.29. The van der Waals surface area contributed by atoms with Crippen molar-refractivity contribution >= 4 is 6.08 Å². The molecule has 1 saturated carbocycles. The van der Waals surface area contributed by atoms with Gasteiger partial charge in [-0.3, -0.25) is 0 Å². The lowest BCUT2D eigenvalue weighted by Crippen LogP contribution is -2.21. The number of hydrogen-bond donors (Lipinski definition) is 0. The van der Waals surface area contributed by atoms with Crippen molar-refractivity contribution in [2.75, 3.05) is 27.2 Å². The van der Waals surface area contributed by atoms with E-state index in [1.54, 1.807) is 13.2 Å². The number of nitrogens with zero attached hydrogens (tertiary/aromatic N) is 2. The molecule has 0 amide bonds. The highest BCUT2D eigenvalue weighted by Gasteiger charge is 2.45. The lowest BCUT2D eigenvalue weighted by molar-refractivity contribution is 0.199. The van der Waals surface area contributed by atoms with E-state index in [0.717, 1.165) is 49.4 Å². The van der Waals surface area contributed by atoms with Crippen LogP contribution in [0.5, 0.6) is 11.5 Å². The number of benzene rings is 1. The number of likely N-dealkylation sites (N-methyl/N-ethyl adjacent to an activating group) is 1. The third-order valence-corrected chi connectivity index (χ3v) is 4.33. The number of hydrogen-bond acceptors (Lipinski definition) is 5. The van der Waals surface area contributed by atoms with E-state index in [1.807, 2.05) is 18.2 Å². The lowest BCUT2D eigenvalue weighted by Gasteiger charge is -2.18. The number of aliphatic imine (C=N–C) groups is 1. The second-order valence-corrected chi connectivity index (χ2v) is 5.89. The lowest BCUT2D eigenvalue weighted by atomic mass is 10.0. The Kier molecular flexibility index (Phi) is 3.70. The van der Waals surface area contributed by atoms with Gasteiger partial charge in [-0.05, 0) is 44.0 Å². The minimum Gasteiger partial charge on any atom is -0.493 e. The van der Waals surface area contributed by atoms with Crippen LogP contribution in [0.3, 0.4) is 0 Å². The van der Waals surface area contributed by atoms with Crippen LogP contribution in [-0.2, 0) is 10.3 Å². The Morgan fingerprint density at radius 2 is 2.19 bits per heavy atom. The topological polar surface area (TPSA) is 51.1 Å². The fraction of sp³-hybridized carbons (Fsp3) is 0.562. The minimum atomic E-state index is -0.376. The van der Waals surface area contributed by atoms with E-state index < -0.39 is 0 Å². The van der Waals surface area contributed by atoms with Crippen LogP contribution in [0, 0.1) is 0 Å². The van der Waals surface area contributed by atoms with E-state index >= 15 is 0 Å². The van der Waals surface area contributed by atoms with E-state index in [2.05, 4.69) is 16.9 Å². The highest BCUT2D eigenvalue weighted by atomic mass is 16.5. The van der Waals surface area contributed by atoms with Gasteiger partial charge in [-0.1, -0.05) is 6.07 Å². The first-order chi connectivity index (χ1) is 10.2.